The Balaban J connectivity index is 2.54. The van der Waals surface area contributed by atoms with Crippen molar-refractivity contribution < 1.29 is 9.29 Å². The van der Waals surface area contributed by atoms with E-state index in [1.807, 2.05) is 50.3 Å². The van der Waals surface area contributed by atoms with Crippen LogP contribution in [0.3, 0.4) is 0 Å². The van der Waals surface area contributed by atoms with Crippen LogP contribution in [-0.2, 0) is 11.4 Å². The molecule has 0 bridgehead atoms. The van der Waals surface area contributed by atoms with Crippen molar-refractivity contribution in [3.05, 3.63) is 43.0 Å². The Bertz CT molecular complexity index is 407. The summed E-state index contributed by atoms with van der Waals surface area (Å²) in [5, 5.41) is 5.67. The molecule has 1 rings (SSSR count). The highest BCUT2D eigenvalue weighted by molar-refractivity contribution is 7.90. The summed E-state index contributed by atoms with van der Waals surface area (Å²) in [6.07, 6.45) is 5.77. The van der Waals surface area contributed by atoms with Crippen LogP contribution in [0.15, 0.2) is 43.0 Å². The van der Waals surface area contributed by atoms with Crippen molar-refractivity contribution in [2.24, 2.45) is 11.1 Å². The Labute approximate surface area is 131 Å². The lowest BCUT2D eigenvalue weighted by Gasteiger charge is -2.33. The largest absolute Gasteiger partial charge is 0.598 e. The van der Waals surface area contributed by atoms with Gasteiger partial charge in [0.15, 0.2) is 0 Å². The number of benzene rings is 1. The number of hydrogen-bond acceptors (Lipinski definition) is 3. The molecular formula is C17H27NO2S. The smallest absolute Gasteiger partial charge is 0.142 e. The molecule has 0 saturated carbocycles. The lowest BCUT2D eigenvalue weighted by molar-refractivity contribution is 0.245. The fourth-order valence-electron chi connectivity index (χ4n) is 2.35. The molecule has 2 atom stereocenters. The highest BCUT2D eigenvalue weighted by Crippen LogP contribution is 2.31. The van der Waals surface area contributed by atoms with Gasteiger partial charge in [0.2, 0.25) is 0 Å². The van der Waals surface area contributed by atoms with Crippen molar-refractivity contribution in [1.82, 2.24) is 0 Å². The summed E-state index contributed by atoms with van der Waals surface area (Å²) in [5.74, 6) is 1.14. The second kappa shape index (κ2) is 9.13. The summed E-state index contributed by atoms with van der Waals surface area (Å²) >= 11 is -1.34. The number of unbranched alkanes of at least 4 members (excludes halogenated alkanes) is 1. The van der Waals surface area contributed by atoms with E-state index in [9.17, 15) is 4.55 Å². The maximum Gasteiger partial charge on any atom is 0.142 e. The van der Waals surface area contributed by atoms with Crippen molar-refractivity contribution in [2.75, 3.05) is 6.61 Å². The van der Waals surface area contributed by atoms with E-state index in [1.165, 1.54) is 0 Å². The first-order valence-electron chi connectivity index (χ1n) is 7.43. The molecule has 3 nitrogen and oxygen atoms in total. The molecule has 1 aromatic rings. The van der Waals surface area contributed by atoms with Gasteiger partial charge in [-0.2, -0.15) is 5.14 Å². The molecular weight excluding hydrogens is 282 g/mol. The van der Waals surface area contributed by atoms with E-state index in [2.05, 4.69) is 6.58 Å². The van der Waals surface area contributed by atoms with Crippen molar-refractivity contribution in [3.8, 4) is 5.75 Å². The Kier molecular flexibility index (Phi) is 7.86. The maximum atomic E-state index is 11.8. The van der Waals surface area contributed by atoms with Crippen molar-refractivity contribution in [2.45, 2.75) is 44.3 Å². The molecule has 0 saturated heterocycles. The average Bonchev–Trinajstić information content (AvgIpc) is 2.46. The van der Waals surface area contributed by atoms with E-state index in [1.54, 1.807) is 0 Å². The Morgan fingerprint density at radius 1 is 1.33 bits per heavy atom. The lowest BCUT2D eigenvalue weighted by atomic mass is 9.87. The fraction of sp³-hybridized carbons (Fsp3) is 0.529. The van der Waals surface area contributed by atoms with E-state index in [0.29, 0.717) is 6.61 Å². The minimum absolute atomic E-state index is 0.270. The first-order valence-corrected chi connectivity index (χ1v) is 8.64. The Hall–Kier alpha value is -0.970. The van der Waals surface area contributed by atoms with Gasteiger partial charge in [0.05, 0.1) is 6.61 Å². The quantitative estimate of drug-likeness (QED) is 0.406. The molecule has 0 amide bonds. The summed E-state index contributed by atoms with van der Waals surface area (Å²) in [7, 11) is 0. The summed E-state index contributed by atoms with van der Waals surface area (Å²) in [6, 6.07) is 9.76. The molecule has 21 heavy (non-hydrogen) atoms. The van der Waals surface area contributed by atoms with Gasteiger partial charge in [-0.15, -0.1) is 6.58 Å². The molecule has 0 aliphatic rings. The third kappa shape index (κ3) is 6.12. The van der Waals surface area contributed by atoms with Crippen molar-refractivity contribution in [1.29, 1.82) is 0 Å². The molecule has 0 aliphatic heterocycles. The monoisotopic (exact) mass is 309 g/mol. The summed E-state index contributed by atoms with van der Waals surface area (Å²) in [6.45, 7) is 8.31. The molecule has 0 spiro atoms. The number of ether oxygens (including phenoxy) is 1. The zero-order valence-corrected chi connectivity index (χ0v) is 13.9. The van der Waals surface area contributed by atoms with E-state index in [4.69, 9.17) is 9.88 Å². The zero-order valence-electron chi connectivity index (χ0n) is 13.1. The second-order valence-corrected chi connectivity index (χ2v) is 7.41. The Morgan fingerprint density at radius 3 is 2.57 bits per heavy atom. The van der Waals surface area contributed by atoms with E-state index in [-0.39, 0.29) is 5.92 Å². The van der Waals surface area contributed by atoms with Gasteiger partial charge < -0.3 is 9.29 Å². The predicted molar refractivity (Wildman–Crippen MR) is 90.5 cm³/mol. The van der Waals surface area contributed by atoms with Gasteiger partial charge >= 0.3 is 0 Å². The average molecular weight is 309 g/mol. The first-order chi connectivity index (χ1) is 9.98. The van der Waals surface area contributed by atoms with Crippen LogP contribution in [0.25, 0.3) is 0 Å². The first kappa shape index (κ1) is 18.1. The van der Waals surface area contributed by atoms with Crippen LogP contribution in [0.2, 0.25) is 0 Å². The predicted octanol–water partition coefficient (Wildman–Crippen LogP) is 3.83. The highest BCUT2D eigenvalue weighted by Gasteiger charge is 2.38. The van der Waals surface area contributed by atoms with Crippen LogP contribution >= 0.6 is 0 Å². The van der Waals surface area contributed by atoms with Crippen molar-refractivity contribution >= 4 is 11.4 Å². The van der Waals surface area contributed by atoms with Crippen LogP contribution in [0.5, 0.6) is 5.75 Å². The summed E-state index contributed by atoms with van der Waals surface area (Å²) < 4.78 is 17.2. The number of hydrogen-bond donors (Lipinski definition) is 1. The van der Waals surface area contributed by atoms with Gasteiger partial charge in [-0.05, 0) is 51.7 Å². The summed E-state index contributed by atoms with van der Waals surface area (Å²) in [5.41, 5.74) is 0. The van der Waals surface area contributed by atoms with Crippen LogP contribution < -0.4 is 9.88 Å². The van der Waals surface area contributed by atoms with Gasteiger partial charge in [-0.25, -0.2) is 0 Å². The van der Waals surface area contributed by atoms with Gasteiger partial charge in [0.25, 0.3) is 0 Å². The standard InChI is InChI=1S/C17H27NO2S/c1-4-5-7-10-15(17(2,3)21(18)19)13-14-20-16-11-8-6-9-12-16/h4,6,8-9,11-12,15H,1,5,7,10,13-14,18H2,2-3H3. The van der Waals surface area contributed by atoms with Crippen LogP contribution in [0.1, 0.15) is 39.5 Å². The maximum absolute atomic E-state index is 11.8. The SMILES string of the molecule is C=CCCCC(CCOc1ccccc1)C(C)(C)[S+](N)[O-]. The third-order valence-corrected chi connectivity index (χ3v) is 5.31. The molecule has 1 aromatic carbocycles. The van der Waals surface area contributed by atoms with Crippen LogP contribution in [0.4, 0.5) is 0 Å². The van der Waals surface area contributed by atoms with Crippen molar-refractivity contribution in [3.63, 3.8) is 0 Å². The topological polar surface area (TPSA) is 58.3 Å². The minimum atomic E-state index is -1.34. The van der Waals surface area contributed by atoms with Gasteiger partial charge in [0.1, 0.15) is 10.5 Å². The fourth-order valence-corrected chi connectivity index (χ4v) is 2.91. The molecule has 0 aliphatic carbocycles. The van der Waals surface area contributed by atoms with Crippen LogP contribution in [-0.4, -0.2) is 15.9 Å². The lowest BCUT2D eigenvalue weighted by Crippen LogP contribution is -2.44. The Morgan fingerprint density at radius 2 is 2.00 bits per heavy atom. The number of allylic oxidation sites excluding steroid dienone is 1. The van der Waals surface area contributed by atoms with Gasteiger partial charge in [-0.1, -0.05) is 24.3 Å². The van der Waals surface area contributed by atoms with E-state index >= 15 is 0 Å². The molecule has 2 N–H and O–H groups in total. The van der Waals surface area contributed by atoms with E-state index < -0.39 is 16.1 Å². The second-order valence-electron chi connectivity index (χ2n) is 5.77. The number of para-hydroxylation sites is 1. The normalized spacial score (nSPS) is 14.5. The van der Waals surface area contributed by atoms with Gasteiger partial charge in [-0.3, -0.25) is 0 Å². The molecule has 2 unspecified atom stereocenters. The van der Waals surface area contributed by atoms with E-state index in [0.717, 1.165) is 31.4 Å². The molecule has 118 valence electrons. The molecule has 0 heterocycles. The highest BCUT2D eigenvalue weighted by atomic mass is 32.2. The molecule has 0 aromatic heterocycles. The molecule has 0 radical (unpaired) electrons. The van der Waals surface area contributed by atoms with Gasteiger partial charge in [0, 0.05) is 17.3 Å². The summed E-state index contributed by atoms with van der Waals surface area (Å²) in [4.78, 5) is 0. The van der Waals surface area contributed by atoms with Crippen LogP contribution in [0, 0.1) is 5.92 Å². The molecule has 4 heteroatoms. The number of nitrogens with two attached hydrogens (primary N) is 1. The third-order valence-electron chi connectivity index (χ3n) is 3.94. The minimum Gasteiger partial charge on any atom is -0.598 e. The number of rotatable bonds is 10. The molecule has 0 fully saturated rings. The zero-order chi connectivity index (χ0) is 15.7.